The van der Waals surface area contributed by atoms with Crippen molar-refractivity contribution >= 4 is 0 Å². The quantitative estimate of drug-likeness (QED) is 0.813. The summed E-state index contributed by atoms with van der Waals surface area (Å²) in [4.78, 5) is 2.32. The van der Waals surface area contributed by atoms with Gasteiger partial charge in [0.25, 0.3) is 0 Å². The number of hydrogen-bond acceptors (Lipinski definition) is 4. The maximum atomic E-state index is 5.91. The van der Waals surface area contributed by atoms with Crippen molar-refractivity contribution in [3.63, 3.8) is 0 Å². The van der Waals surface area contributed by atoms with E-state index in [0.29, 0.717) is 0 Å². The van der Waals surface area contributed by atoms with E-state index in [2.05, 4.69) is 30.3 Å². The first-order valence-electron chi connectivity index (χ1n) is 6.81. The summed E-state index contributed by atoms with van der Waals surface area (Å²) in [5.41, 5.74) is 0. The third kappa shape index (κ3) is 3.13. The lowest BCUT2D eigenvalue weighted by Crippen LogP contribution is -2.47. The molecule has 0 saturated carbocycles. The second-order valence-corrected chi connectivity index (χ2v) is 4.99. The SMILES string of the molecule is CCCNCC1OCCN(C)C1c1ccc(C)o1. The van der Waals surface area contributed by atoms with Gasteiger partial charge in [-0.3, -0.25) is 4.90 Å². The largest absolute Gasteiger partial charge is 0.465 e. The van der Waals surface area contributed by atoms with E-state index in [1.165, 1.54) is 0 Å². The molecule has 1 aliphatic rings. The Balaban J connectivity index is 2.05. The van der Waals surface area contributed by atoms with Crippen LogP contribution in [-0.4, -0.2) is 44.3 Å². The van der Waals surface area contributed by atoms with Crippen molar-refractivity contribution in [2.24, 2.45) is 0 Å². The molecule has 4 nitrogen and oxygen atoms in total. The van der Waals surface area contributed by atoms with Crippen LogP contribution in [0.4, 0.5) is 0 Å². The molecule has 1 aromatic heterocycles. The predicted octanol–water partition coefficient (Wildman–Crippen LogP) is 1.96. The highest BCUT2D eigenvalue weighted by atomic mass is 16.5. The van der Waals surface area contributed by atoms with Crippen molar-refractivity contribution in [2.75, 3.05) is 33.3 Å². The normalized spacial score (nSPS) is 25.5. The number of aryl methyl sites for hydroxylation is 1. The van der Waals surface area contributed by atoms with Crippen molar-refractivity contribution in [2.45, 2.75) is 32.4 Å². The molecule has 2 unspecified atom stereocenters. The molecule has 2 heterocycles. The summed E-state index contributed by atoms with van der Waals surface area (Å²) in [6, 6.07) is 4.31. The highest BCUT2D eigenvalue weighted by molar-refractivity contribution is 5.12. The third-order valence-corrected chi connectivity index (χ3v) is 3.43. The molecule has 2 rings (SSSR count). The van der Waals surface area contributed by atoms with Crippen LogP contribution in [0, 0.1) is 6.92 Å². The van der Waals surface area contributed by atoms with E-state index in [1.807, 2.05) is 13.0 Å². The van der Waals surface area contributed by atoms with E-state index >= 15 is 0 Å². The molecule has 1 fully saturated rings. The van der Waals surface area contributed by atoms with Crippen LogP contribution in [0.3, 0.4) is 0 Å². The molecule has 1 aromatic rings. The van der Waals surface area contributed by atoms with Crippen LogP contribution >= 0.6 is 0 Å². The average molecular weight is 252 g/mol. The van der Waals surface area contributed by atoms with Gasteiger partial charge in [-0.15, -0.1) is 0 Å². The lowest BCUT2D eigenvalue weighted by atomic mass is 10.0. The van der Waals surface area contributed by atoms with E-state index in [9.17, 15) is 0 Å². The number of nitrogens with one attached hydrogen (secondary N) is 1. The highest BCUT2D eigenvalue weighted by Gasteiger charge is 2.33. The molecule has 2 atom stereocenters. The number of morpholine rings is 1. The zero-order valence-corrected chi connectivity index (χ0v) is 11.6. The smallest absolute Gasteiger partial charge is 0.124 e. The Morgan fingerprint density at radius 1 is 1.44 bits per heavy atom. The van der Waals surface area contributed by atoms with Gasteiger partial charge in [0, 0.05) is 13.1 Å². The number of rotatable bonds is 5. The Bertz CT molecular complexity index is 364. The van der Waals surface area contributed by atoms with Gasteiger partial charge in [-0.25, -0.2) is 0 Å². The van der Waals surface area contributed by atoms with Crippen molar-refractivity contribution in [1.29, 1.82) is 0 Å². The molecule has 0 aliphatic carbocycles. The number of likely N-dealkylation sites (N-methyl/N-ethyl adjacent to an activating group) is 1. The standard InChI is InChI=1S/C14H24N2O2/c1-4-7-15-10-13-14(16(3)8-9-17-13)12-6-5-11(2)18-12/h5-6,13-15H,4,7-10H2,1-3H3. The highest BCUT2D eigenvalue weighted by Crippen LogP contribution is 2.29. The van der Waals surface area contributed by atoms with Gasteiger partial charge in [-0.1, -0.05) is 6.92 Å². The van der Waals surface area contributed by atoms with Crippen LogP contribution in [0.25, 0.3) is 0 Å². The van der Waals surface area contributed by atoms with Crippen molar-refractivity contribution in [3.05, 3.63) is 23.7 Å². The second kappa shape index (κ2) is 6.36. The monoisotopic (exact) mass is 252 g/mol. The summed E-state index contributed by atoms with van der Waals surface area (Å²) in [6.45, 7) is 7.82. The maximum absolute atomic E-state index is 5.91. The number of ether oxygens (including phenoxy) is 1. The summed E-state index contributed by atoms with van der Waals surface area (Å²) >= 11 is 0. The molecular formula is C14H24N2O2. The van der Waals surface area contributed by atoms with Crippen LogP contribution in [0.5, 0.6) is 0 Å². The Morgan fingerprint density at radius 3 is 2.94 bits per heavy atom. The van der Waals surface area contributed by atoms with Gasteiger partial charge in [0.1, 0.15) is 11.5 Å². The molecular weight excluding hydrogens is 228 g/mol. The summed E-state index contributed by atoms with van der Waals surface area (Å²) < 4.78 is 11.7. The molecule has 1 aliphatic heterocycles. The van der Waals surface area contributed by atoms with Crippen LogP contribution in [-0.2, 0) is 4.74 Å². The minimum absolute atomic E-state index is 0.167. The second-order valence-electron chi connectivity index (χ2n) is 4.99. The first-order valence-corrected chi connectivity index (χ1v) is 6.81. The van der Waals surface area contributed by atoms with E-state index in [0.717, 1.165) is 44.2 Å². The molecule has 0 amide bonds. The Labute approximate surface area is 109 Å². The summed E-state index contributed by atoms with van der Waals surface area (Å²) in [6.07, 6.45) is 1.31. The molecule has 4 heteroatoms. The van der Waals surface area contributed by atoms with Gasteiger partial charge in [0.2, 0.25) is 0 Å². The van der Waals surface area contributed by atoms with E-state index in [-0.39, 0.29) is 12.1 Å². The molecule has 1 N–H and O–H groups in total. The minimum atomic E-state index is 0.167. The van der Waals surface area contributed by atoms with Gasteiger partial charge in [0.15, 0.2) is 0 Å². The Hall–Kier alpha value is -0.840. The predicted molar refractivity (Wildman–Crippen MR) is 71.7 cm³/mol. The van der Waals surface area contributed by atoms with Crippen LogP contribution in [0.2, 0.25) is 0 Å². The van der Waals surface area contributed by atoms with Crippen LogP contribution in [0.1, 0.15) is 30.9 Å². The lowest BCUT2D eigenvalue weighted by Gasteiger charge is -2.38. The summed E-state index contributed by atoms with van der Waals surface area (Å²) in [5, 5.41) is 3.44. The van der Waals surface area contributed by atoms with Gasteiger partial charge < -0.3 is 14.5 Å². The molecule has 1 saturated heterocycles. The van der Waals surface area contributed by atoms with Gasteiger partial charge in [0.05, 0.1) is 18.8 Å². The first-order chi connectivity index (χ1) is 8.72. The van der Waals surface area contributed by atoms with Crippen molar-refractivity contribution in [1.82, 2.24) is 10.2 Å². The van der Waals surface area contributed by atoms with Crippen LogP contribution < -0.4 is 5.32 Å². The number of furan rings is 1. The fourth-order valence-corrected chi connectivity index (χ4v) is 2.47. The molecule has 18 heavy (non-hydrogen) atoms. The topological polar surface area (TPSA) is 37.6 Å². The Morgan fingerprint density at radius 2 is 2.28 bits per heavy atom. The number of nitrogens with zero attached hydrogens (tertiary/aromatic N) is 1. The summed E-state index contributed by atoms with van der Waals surface area (Å²) in [5.74, 6) is 1.97. The fourth-order valence-electron chi connectivity index (χ4n) is 2.47. The third-order valence-electron chi connectivity index (χ3n) is 3.43. The Kier molecular flexibility index (Phi) is 4.80. The molecule has 102 valence electrons. The van der Waals surface area contributed by atoms with E-state index in [4.69, 9.17) is 9.15 Å². The average Bonchev–Trinajstić information content (AvgIpc) is 2.76. The van der Waals surface area contributed by atoms with Crippen LogP contribution in [0.15, 0.2) is 16.5 Å². The molecule has 0 bridgehead atoms. The molecule has 0 radical (unpaired) electrons. The van der Waals surface area contributed by atoms with Crippen molar-refractivity contribution < 1.29 is 9.15 Å². The van der Waals surface area contributed by atoms with Crippen molar-refractivity contribution in [3.8, 4) is 0 Å². The molecule has 0 spiro atoms. The minimum Gasteiger partial charge on any atom is -0.465 e. The van der Waals surface area contributed by atoms with Gasteiger partial charge >= 0.3 is 0 Å². The maximum Gasteiger partial charge on any atom is 0.124 e. The fraction of sp³-hybridized carbons (Fsp3) is 0.714. The first kappa shape index (κ1) is 13.6. The van der Waals surface area contributed by atoms with Gasteiger partial charge in [-0.05, 0) is 39.1 Å². The summed E-state index contributed by atoms with van der Waals surface area (Å²) in [7, 11) is 2.14. The van der Waals surface area contributed by atoms with E-state index in [1.54, 1.807) is 0 Å². The zero-order chi connectivity index (χ0) is 13.0. The van der Waals surface area contributed by atoms with Gasteiger partial charge in [-0.2, -0.15) is 0 Å². The zero-order valence-electron chi connectivity index (χ0n) is 11.6. The van der Waals surface area contributed by atoms with E-state index < -0.39 is 0 Å². The molecule has 0 aromatic carbocycles. The lowest BCUT2D eigenvalue weighted by molar-refractivity contribution is -0.0676. The number of hydrogen-bond donors (Lipinski definition) is 1.